The number of amides is 1. The van der Waals surface area contributed by atoms with E-state index in [0.717, 1.165) is 11.3 Å². The van der Waals surface area contributed by atoms with Crippen LogP contribution in [-0.4, -0.2) is 33.1 Å². The summed E-state index contributed by atoms with van der Waals surface area (Å²) in [4.78, 5) is 38.4. The summed E-state index contributed by atoms with van der Waals surface area (Å²) in [6.07, 6.45) is 0.562. The lowest BCUT2D eigenvalue weighted by Gasteiger charge is -2.05. The summed E-state index contributed by atoms with van der Waals surface area (Å²) in [5.41, 5.74) is -0.102. The first-order valence-corrected chi connectivity index (χ1v) is 9.56. The summed E-state index contributed by atoms with van der Waals surface area (Å²) in [6, 6.07) is 3.91. The number of ether oxygens (including phenoxy) is 1. The highest BCUT2D eigenvalue weighted by Gasteiger charge is 2.26. The molecule has 2 aromatic rings. The topological polar surface area (TPSA) is 124 Å². The third-order valence-corrected chi connectivity index (χ3v) is 5.52. The third-order valence-electron chi connectivity index (χ3n) is 4.06. The Morgan fingerprint density at radius 2 is 2.21 bits per heavy atom. The molecule has 11 heteroatoms. The molecule has 0 unspecified atom stereocenters. The van der Waals surface area contributed by atoms with Crippen LogP contribution < -0.4 is 10.6 Å². The van der Waals surface area contributed by atoms with Crippen molar-refractivity contribution in [2.75, 3.05) is 6.61 Å². The minimum absolute atomic E-state index is 0.0800. The van der Waals surface area contributed by atoms with Gasteiger partial charge in [-0.3, -0.25) is 24.3 Å². The highest BCUT2D eigenvalue weighted by Crippen LogP contribution is 2.33. The van der Waals surface area contributed by atoms with Crippen molar-refractivity contribution < 1.29 is 24.4 Å². The molecule has 0 saturated carbocycles. The molecule has 0 atom stereocenters. The Balaban J connectivity index is 2.00. The smallest absolute Gasteiger partial charge is 0.305 e. The molecule has 1 amide bonds. The molecule has 1 aromatic heterocycles. The van der Waals surface area contributed by atoms with E-state index in [1.165, 1.54) is 22.8 Å². The fraction of sp³-hybridized carbons (Fsp3) is 0.294. The summed E-state index contributed by atoms with van der Waals surface area (Å²) in [5.74, 6) is -1.16. The number of nitro groups is 1. The van der Waals surface area contributed by atoms with Gasteiger partial charge in [0, 0.05) is 30.3 Å². The van der Waals surface area contributed by atoms with Crippen LogP contribution in [0.5, 0.6) is 5.88 Å². The normalized spacial score (nSPS) is 12.6. The second-order valence-corrected chi connectivity index (χ2v) is 7.48. The number of benzene rings is 1. The minimum Gasteiger partial charge on any atom is -0.493 e. The van der Waals surface area contributed by atoms with Crippen molar-refractivity contribution in [3.8, 4) is 5.88 Å². The van der Waals surface area contributed by atoms with Crippen molar-refractivity contribution in [3.63, 3.8) is 0 Å². The maximum Gasteiger partial charge on any atom is 0.305 e. The largest absolute Gasteiger partial charge is 0.493 e. The minimum atomic E-state index is -0.597. The molecule has 1 aliphatic rings. The number of non-ortho nitro benzene ring substituents is 1. The first kappa shape index (κ1) is 19.8. The maximum atomic E-state index is 12.4. The number of fused-ring (bicyclic) bond motifs is 1. The number of hydrogen-bond donors (Lipinski definition) is 1. The molecular weight excluding hydrogens is 406 g/mol. The monoisotopic (exact) mass is 421 g/mol. The zero-order valence-electron chi connectivity index (χ0n) is 14.7. The van der Waals surface area contributed by atoms with Gasteiger partial charge >= 0.3 is 5.97 Å². The van der Waals surface area contributed by atoms with Gasteiger partial charge in [0.05, 0.1) is 22.5 Å². The van der Waals surface area contributed by atoms with Gasteiger partial charge in [0.2, 0.25) is 5.88 Å². The molecule has 0 fully saturated rings. The van der Waals surface area contributed by atoms with E-state index in [9.17, 15) is 24.8 Å². The van der Waals surface area contributed by atoms with Gasteiger partial charge < -0.3 is 9.84 Å². The highest BCUT2D eigenvalue weighted by atomic mass is 32.1. The van der Waals surface area contributed by atoms with Crippen LogP contribution >= 0.6 is 23.6 Å². The Kier molecular flexibility index (Phi) is 5.66. The van der Waals surface area contributed by atoms with E-state index in [0.29, 0.717) is 22.3 Å². The van der Waals surface area contributed by atoms with Gasteiger partial charge in [0.25, 0.3) is 11.6 Å². The molecule has 0 aliphatic carbocycles. The van der Waals surface area contributed by atoms with E-state index in [4.69, 9.17) is 17.0 Å². The first-order chi connectivity index (χ1) is 13.3. The van der Waals surface area contributed by atoms with Crippen LogP contribution in [0.15, 0.2) is 23.2 Å². The molecule has 0 saturated heterocycles. The van der Waals surface area contributed by atoms with Crippen molar-refractivity contribution in [3.05, 3.63) is 47.7 Å². The number of hydrogen-bond acceptors (Lipinski definition) is 8. The van der Waals surface area contributed by atoms with Crippen LogP contribution in [0.25, 0.3) is 5.57 Å². The van der Waals surface area contributed by atoms with Crippen LogP contribution in [-0.2, 0) is 20.9 Å². The first-order valence-electron chi connectivity index (χ1n) is 8.34. The number of aromatic hydroxyl groups is 1. The summed E-state index contributed by atoms with van der Waals surface area (Å²) in [6.45, 7) is 2.27. The molecule has 2 heterocycles. The average molecular weight is 421 g/mol. The van der Waals surface area contributed by atoms with Crippen LogP contribution in [0, 0.1) is 14.1 Å². The molecule has 1 N–H and O–H groups in total. The number of rotatable bonds is 7. The molecule has 146 valence electrons. The van der Waals surface area contributed by atoms with Crippen molar-refractivity contribution in [2.45, 2.75) is 26.3 Å². The molecule has 3 rings (SSSR count). The molecule has 0 bridgehead atoms. The van der Waals surface area contributed by atoms with E-state index in [1.807, 2.05) is 0 Å². The molecule has 9 nitrogen and oxygen atoms in total. The van der Waals surface area contributed by atoms with Crippen LogP contribution in [0.4, 0.5) is 5.69 Å². The lowest BCUT2D eigenvalue weighted by molar-refractivity contribution is -0.385. The van der Waals surface area contributed by atoms with E-state index in [-0.39, 0.29) is 46.2 Å². The van der Waals surface area contributed by atoms with Crippen molar-refractivity contribution in [1.82, 2.24) is 4.57 Å². The highest BCUT2D eigenvalue weighted by molar-refractivity contribution is 7.73. The summed E-state index contributed by atoms with van der Waals surface area (Å²) in [5, 5.41) is 22.2. The Bertz CT molecular complexity index is 1160. The van der Waals surface area contributed by atoms with E-state index >= 15 is 0 Å². The fourth-order valence-corrected chi connectivity index (χ4v) is 4.20. The predicted molar refractivity (Wildman–Crippen MR) is 102 cm³/mol. The van der Waals surface area contributed by atoms with Gasteiger partial charge in [0.15, 0.2) is 3.95 Å². The van der Waals surface area contributed by atoms with E-state index in [1.54, 1.807) is 6.92 Å². The van der Waals surface area contributed by atoms with Crippen LogP contribution in [0.1, 0.15) is 24.6 Å². The number of thiazole rings is 1. The van der Waals surface area contributed by atoms with Crippen molar-refractivity contribution >= 4 is 46.7 Å². The second-order valence-electron chi connectivity index (χ2n) is 5.83. The zero-order chi connectivity index (χ0) is 20.4. The number of carbonyl (C=O) groups excluding carboxylic acids is 2. The number of nitrogens with zero attached hydrogens (tertiary/aromatic N) is 3. The summed E-state index contributed by atoms with van der Waals surface area (Å²) < 4.78 is 6.60. The van der Waals surface area contributed by atoms with Crippen molar-refractivity contribution in [1.29, 1.82) is 0 Å². The molecule has 1 aliphatic heterocycles. The molecule has 28 heavy (non-hydrogen) atoms. The van der Waals surface area contributed by atoms with Crippen LogP contribution in [0.3, 0.4) is 0 Å². The molecular formula is C17H15N3O6S2. The molecule has 1 aromatic carbocycles. The number of carbonyl (C=O) groups is 2. The Morgan fingerprint density at radius 3 is 2.89 bits per heavy atom. The van der Waals surface area contributed by atoms with Gasteiger partial charge in [-0.05, 0) is 31.6 Å². The van der Waals surface area contributed by atoms with Gasteiger partial charge in [-0.25, -0.2) is 4.99 Å². The van der Waals surface area contributed by atoms with Gasteiger partial charge in [-0.1, -0.05) is 0 Å². The van der Waals surface area contributed by atoms with Gasteiger partial charge in [-0.2, -0.15) is 0 Å². The lowest BCUT2D eigenvalue weighted by atomic mass is 10.1. The van der Waals surface area contributed by atoms with Gasteiger partial charge in [-0.15, -0.1) is 11.3 Å². The lowest BCUT2D eigenvalue weighted by Crippen LogP contribution is -2.23. The number of nitro benzene ring substituents is 1. The number of aromatic nitrogens is 1. The van der Waals surface area contributed by atoms with Crippen molar-refractivity contribution in [2.24, 2.45) is 4.99 Å². The average Bonchev–Trinajstić information content (AvgIpc) is 3.10. The van der Waals surface area contributed by atoms with Crippen LogP contribution in [0.2, 0.25) is 0 Å². The maximum absolute atomic E-state index is 12.4. The fourth-order valence-electron chi connectivity index (χ4n) is 2.81. The Labute approximate surface area is 167 Å². The Hall–Kier alpha value is -2.92. The number of esters is 1. The van der Waals surface area contributed by atoms with E-state index < -0.39 is 10.8 Å². The second kappa shape index (κ2) is 7.98. The quantitative estimate of drug-likeness (QED) is 0.312. The summed E-state index contributed by atoms with van der Waals surface area (Å²) >= 11 is 6.29. The Morgan fingerprint density at radius 1 is 1.46 bits per heavy atom. The SMILES string of the molecule is CCOC(=O)CCCn1c(O)c(C2=c3cc([N+](=O)[O-])ccc3=NC2=O)sc1=S. The molecule has 0 radical (unpaired) electrons. The van der Waals surface area contributed by atoms with E-state index in [2.05, 4.69) is 4.99 Å². The zero-order valence-corrected chi connectivity index (χ0v) is 16.3. The molecule has 0 spiro atoms. The summed E-state index contributed by atoms with van der Waals surface area (Å²) in [7, 11) is 0. The third kappa shape index (κ3) is 3.71. The standard InChI is InChI=1S/C17H15N3O6S2/c1-2-26-12(21)4-3-7-19-16(23)14(28-17(19)27)13-10-8-9(20(24)25)5-6-11(10)18-15(13)22/h5-6,8,23H,2-4,7H2,1H3. The predicted octanol–water partition coefficient (Wildman–Crippen LogP) is 1.59. The van der Waals surface area contributed by atoms with Gasteiger partial charge in [0.1, 0.15) is 4.88 Å².